The van der Waals surface area contributed by atoms with Crippen LogP contribution in [-0.2, 0) is 0 Å². The van der Waals surface area contributed by atoms with Gasteiger partial charge in [0.15, 0.2) is 0 Å². The van der Waals surface area contributed by atoms with Crippen LogP contribution in [0.4, 0.5) is 0 Å². The number of rotatable bonds is 6. The van der Waals surface area contributed by atoms with E-state index in [0.717, 1.165) is 38.2 Å². The predicted octanol–water partition coefficient (Wildman–Crippen LogP) is 3.24. The standard InChI is InChI=1S/C17H26N2O2.ClH/c1-2-3-4-12-21-16-9-7-14(8-10-16)17(20)19-11-5-6-15(18)13-19;/h7-10,15H,2-6,11-13,18H2,1H3;1H. The van der Waals surface area contributed by atoms with Crippen molar-refractivity contribution in [3.8, 4) is 5.75 Å². The lowest BCUT2D eigenvalue weighted by Gasteiger charge is -2.30. The van der Waals surface area contributed by atoms with E-state index in [1.807, 2.05) is 29.2 Å². The fourth-order valence-corrected chi connectivity index (χ4v) is 2.61. The molecule has 0 radical (unpaired) electrons. The quantitative estimate of drug-likeness (QED) is 0.816. The molecule has 1 aliphatic heterocycles. The number of unbranched alkanes of at least 4 members (excludes halogenated alkanes) is 2. The Hall–Kier alpha value is -1.26. The molecule has 1 fully saturated rings. The molecule has 22 heavy (non-hydrogen) atoms. The van der Waals surface area contributed by atoms with E-state index < -0.39 is 0 Å². The van der Waals surface area contributed by atoms with Gasteiger partial charge in [-0.3, -0.25) is 4.79 Å². The Labute approximate surface area is 139 Å². The minimum atomic E-state index is 0. The highest BCUT2D eigenvalue weighted by Crippen LogP contribution is 2.16. The van der Waals surface area contributed by atoms with Crippen LogP contribution in [0.1, 0.15) is 49.4 Å². The highest BCUT2D eigenvalue weighted by Gasteiger charge is 2.22. The number of halogens is 1. The van der Waals surface area contributed by atoms with E-state index in [0.29, 0.717) is 12.1 Å². The van der Waals surface area contributed by atoms with Crippen molar-refractivity contribution in [2.75, 3.05) is 19.7 Å². The molecule has 2 rings (SSSR count). The summed E-state index contributed by atoms with van der Waals surface area (Å²) in [6, 6.07) is 7.56. The van der Waals surface area contributed by atoms with Crippen molar-refractivity contribution in [3.63, 3.8) is 0 Å². The number of hydrogen-bond donors (Lipinski definition) is 1. The highest BCUT2D eigenvalue weighted by atomic mass is 35.5. The lowest BCUT2D eigenvalue weighted by atomic mass is 10.1. The summed E-state index contributed by atoms with van der Waals surface area (Å²) in [5.74, 6) is 0.903. The molecular weight excluding hydrogens is 300 g/mol. The SMILES string of the molecule is CCCCCOc1ccc(C(=O)N2CCCC(N)C2)cc1.Cl. The molecule has 1 atom stereocenters. The molecule has 1 saturated heterocycles. The summed E-state index contributed by atoms with van der Waals surface area (Å²) < 4.78 is 5.66. The third kappa shape index (κ3) is 5.50. The molecule has 0 spiro atoms. The number of piperidine rings is 1. The lowest BCUT2D eigenvalue weighted by Crippen LogP contribution is -2.45. The molecule has 0 saturated carbocycles. The first-order valence-corrected chi connectivity index (χ1v) is 7.98. The van der Waals surface area contributed by atoms with Gasteiger partial charge in [0.05, 0.1) is 6.61 Å². The summed E-state index contributed by atoms with van der Waals surface area (Å²) in [5, 5.41) is 0. The van der Waals surface area contributed by atoms with E-state index in [-0.39, 0.29) is 24.4 Å². The Morgan fingerprint density at radius 1 is 1.32 bits per heavy atom. The number of hydrogen-bond acceptors (Lipinski definition) is 3. The summed E-state index contributed by atoms with van der Waals surface area (Å²) in [5.41, 5.74) is 6.64. The van der Waals surface area contributed by atoms with Crippen molar-refractivity contribution in [1.82, 2.24) is 4.90 Å². The molecule has 5 heteroatoms. The second-order valence-corrected chi connectivity index (χ2v) is 5.73. The van der Waals surface area contributed by atoms with E-state index in [9.17, 15) is 4.79 Å². The number of carbonyl (C=O) groups is 1. The van der Waals surface area contributed by atoms with Gasteiger partial charge in [-0.1, -0.05) is 19.8 Å². The third-order valence-corrected chi connectivity index (χ3v) is 3.86. The molecule has 0 aromatic heterocycles. The highest BCUT2D eigenvalue weighted by molar-refractivity contribution is 5.94. The van der Waals surface area contributed by atoms with Gasteiger partial charge in [0.1, 0.15) is 5.75 Å². The maximum absolute atomic E-state index is 12.4. The van der Waals surface area contributed by atoms with Gasteiger partial charge in [-0.05, 0) is 43.5 Å². The van der Waals surface area contributed by atoms with Crippen molar-refractivity contribution >= 4 is 18.3 Å². The number of nitrogens with zero attached hydrogens (tertiary/aromatic N) is 1. The first kappa shape index (κ1) is 18.8. The summed E-state index contributed by atoms with van der Waals surface area (Å²) >= 11 is 0. The topological polar surface area (TPSA) is 55.6 Å². The monoisotopic (exact) mass is 326 g/mol. The number of likely N-dealkylation sites (tertiary alicyclic amines) is 1. The minimum Gasteiger partial charge on any atom is -0.494 e. The zero-order valence-corrected chi connectivity index (χ0v) is 14.1. The molecule has 124 valence electrons. The minimum absolute atomic E-state index is 0. The van der Waals surface area contributed by atoms with Gasteiger partial charge in [0.25, 0.3) is 5.91 Å². The molecular formula is C17H27ClN2O2. The number of benzene rings is 1. The molecule has 1 heterocycles. The molecule has 1 aliphatic rings. The second kappa shape index (κ2) is 9.70. The van der Waals surface area contributed by atoms with Crippen molar-refractivity contribution in [2.24, 2.45) is 5.73 Å². The van der Waals surface area contributed by atoms with Gasteiger partial charge >= 0.3 is 0 Å². The summed E-state index contributed by atoms with van der Waals surface area (Å²) in [4.78, 5) is 14.2. The van der Waals surface area contributed by atoms with Crippen molar-refractivity contribution in [3.05, 3.63) is 29.8 Å². The number of nitrogens with two attached hydrogens (primary N) is 1. The van der Waals surface area contributed by atoms with Crippen LogP contribution in [-0.4, -0.2) is 36.5 Å². The van der Waals surface area contributed by atoms with Crippen molar-refractivity contribution in [1.29, 1.82) is 0 Å². The van der Waals surface area contributed by atoms with Crippen LogP contribution in [0.2, 0.25) is 0 Å². The van der Waals surface area contributed by atoms with Crippen LogP contribution in [0.25, 0.3) is 0 Å². The van der Waals surface area contributed by atoms with Crippen LogP contribution >= 0.6 is 12.4 Å². The fraction of sp³-hybridized carbons (Fsp3) is 0.588. The van der Waals surface area contributed by atoms with Gasteiger partial charge in [-0.2, -0.15) is 0 Å². The maximum atomic E-state index is 12.4. The molecule has 1 aromatic carbocycles. The van der Waals surface area contributed by atoms with Crippen LogP contribution in [0.3, 0.4) is 0 Å². The summed E-state index contributed by atoms with van der Waals surface area (Å²) in [7, 11) is 0. The molecule has 4 nitrogen and oxygen atoms in total. The van der Waals surface area contributed by atoms with E-state index in [4.69, 9.17) is 10.5 Å². The third-order valence-electron chi connectivity index (χ3n) is 3.86. The Bertz CT molecular complexity index is 450. The predicted molar refractivity (Wildman–Crippen MR) is 91.8 cm³/mol. The molecule has 2 N–H and O–H groups in total. The largest absolute Gasteiger partial charge is 0.494 e. The van der Waals surface area contributed by atoms with Crippen LogP contribution in [0.5, 0.6) is 5.75 Å². The summed E-state index contributed by atoms with van der Waals surface area (Å²) in [6.07, 6.45) is 5.45. The molecule has 0 bridgehead atoms. The normalized spacial score (nSPS) is 17.7. The number of ether oxygens (including phenoxy) is 1. The van der Waals surface area contributed by atoms with Crippen LogP contribution < -0.4 is 10.5 Å². The maximum Gasteiger partial charge on any atom is 0.253 e. The van der Waals surface area contributed by atoms with Gasteiger partial charge in [0.2, 0.25) is 0 Å². The van der Waals surface area contributed by atoms with E-state index >= 15 is 0 Å². The zero-order chi connectivity index (χ0) is 15.1. The average Bonchev–Trinajstić information content (AvgIpc) is 2.51. The zero-order valence-electron chi connectivity index (χ0n) is 13.3. The van der Waals surface area contributed by atoms with Gasteiger partial charge in [-0.25, -0.2) is 0 Å². The van der Waals surface area contributed by atoms with E-state index in [2.05, 4.69) is 6.92 Å². The molecule has 0 aliphatic carbocycles. The number of carbonyl (C=O) groups excluding carboxylic acids is 1. The van der Waals surface area contributed by atoms with Gasteiger partial charge < -0.3 is 15.4 Å². The van der Waals surface area contributed by atoms with E-state index in [1.165, 1.54) is 12.8 Å². The van der Waals surface area contributed by atoms with Gasteiger partial charge in [-0.15, -0.1) is 12.4 Å². The first-order valence-electron chi connectivity index (χ1n) is 7.98. The van der Waals surface area contributed by atoms with Crippen LogP contribution in [0, 0.1) is 0 Å². The first-order chi connectivity index (χ1) is 10.2. The van der Waals surface area contributed by atoms with Crippen molar-refractivity contribution < 1.29 is 9.53 Å². The Morgan fingerprint density at radius 3 is 2.68 bits per heavy atom. The Kier molecular flexibility index (Phi) is 8.28. The van der Waals surface area contributed by atoms with Crippen LogP contribution in [0.15, 0.2) is 24.3 Å². The second-order valence-electron chi connectivity index (χ2n) is 5.73. The molecule has 1 unspecified atom stereocenters. The van der Waals surface area contributed by atoms with Gasteiger partial charge in [0, 0.05) is 24.7 Å². The number of amides is 1. The Balaban J connectivity index is 0.00000242. The molecule has 1 aromatic rings. The van der Waals surface area contributed by atoms with E-state index in [1.54, 1.807) is 0 Å². The fourth-order valence-electron chi connectivity index (χ4n) is 2.61. The van der Waals surface area contributed by atoms with Crippen molar-refractivity contribution in [2.45, 2.75) is 45.1 Å². The molecule has 1 amide bonds. The smallest absolute Gasteiger partial charge is 0.253 e. The lowest BCUT2D eigenvalue weighted by molar-refractivity contribution is 0.0709. The Morgan fingerprint density at radius 2 is 2.05 bits per heavy atom. The summed E-state index contributed by atoms with van der Waals surface area (Å²) in [6.45, 7) is 4.38. The average molecular weight is 327 g/mol.